The van der Waals surface area contributed by atoms with Crippen LogP contribution in [0.2, 0.25) is 0 Å². The molecule has 1 saturated heterocycles. The third-order valence-corrected chi connectivity index (χ3v) is 5.90. The minimum atomic E-state index is 0.870. The lowest BCUT2D eigenvalue weighted by molar-refractivity contribution is 0.282. The van der Waals surface area contributed by atoms with Gasteiger partial charge in [0.05, 0.1) is 5.69 Å². The number of hydrogen-bond donors (Lipinski definition) is 0. The summed E-state index contributed by atoms with van der Waals surface area (Å²) in [6.45, 7) is 7.13. The lowest BCUT2D eigenvalue weighted by Crippen LogP contribution is -2.30. The average Bonchev–Trinajstić information content (AvgIpc) is 3.29. The van der Waals surface area contributed by atoms with Crippen molar-refractivity contribution in [1.82, 2.24) is 14.9 Å². The van der Waals surface area contributed by atoms with Gasteiger partial charge in [-0.3, -0.25) is 4.90 Å². The molecule has 126 valence electrons. The standard InChI is InChI=1S/C17H20N4OS2/c1-13-3-4-15(22-13)16-19-14(12-24-16)11-20-6-2-7-21(9-8-20)17-18-5-10-23-17/h3-5,10,12H,2,6-9,11H2,1H3. The molecule has 0 aromatic carbocycles. The van der Waals surface area contributed by atoms with E-state index >= 15 is 0 Å². The predicted octanol–water partition coefficient (Wildman–Crippen LogP) is 3.88. The molecule has 1 aliphatic heterocycles. The normalized spacial score (nSPS) is 16.5. The number of rotatable bonds is 4. The zero-order chi connectivity index (χ0) is 16.4. The fourth-order valence-corrected chi connectivity index (χ4v) is 4.43. The maximum Gasteiger partial charge on any atom is 0.185 e. The largest absolute Gasteiger partial charge is 0.459 e. The van der Waals surface area contributed by atoms with Gasteiger partial charge in [-0.15, -0.1) is 22.7 Å². The summed E-state index contributed by atoms with van der Waals surface area (Å²) in [6.07, 6.45) is 3.05. The van der Waals surface area contributed by atoms with Crippen molar-refractivity contribution in [3.05, 3.63) is 40.5 Å². The van der Waals surface area contributed by atoms with E-state index < -0.39 is 0 Å². The molecule has 0 spiro atoms. The van der Waals surface area contributed by atoms with Crippen LogP contribution in [-0.4, -0.2) is 41.0 Å². The van der Waals surface area contributed by atoms with Crippen molar-refractivity contribution in [2.45, 2.75) is 19.9 Å². The molecule has 0 saturated carbocycles. The second-order valence-electron chi connectivity index (χ2n) is 5.99. The Morgan fingerprint density at radius 2 is 2.12 bits per heavy atom. The van der Waals surface area contributed by atoms with Gasteiger partial charge in [-0.05, 0) is 25.5 Å². The molecule has 24 heavy (non-hydrogen) atoms. The van der Waals surface area contributed by atoms with Crippen molar-refractivity contribution in [2.24, 2.45) is 0 Å². The Morgan fingerprint density at radius 3 is 2.92 bits per heavy atom. The van der Waals surface area contributed by atoms with E-state index in [1.807, 2.05) is 30.6 Å². The van der Waals surface area contributed by atoms with Gasteiger partial charge in [-0.1, -0.05) is 0 Å². The molecule has 0 atom stereocenters. The van der Waals surface area contributed by atoms with Crippen LogP contribution >= 0.6 is 22.7 Å². The molecule has 4 rings (SSSR count). The molecule has 0 bridgehead atoms. The van der Waals surface area contributed by atoms with Crippen molar-refractivity contribution in [3.63, 3.8) is 0 Å². The van der Waals surface area contributed by atoms with Gasteiger partial charge < -0.3 is 9.32 Å². The molecule has 5 nitrogen and oxygen atoms in total. The molecular formula is C17H20N4OS2. The Bertz CT molecular complexity index is 780. The first-order chi connectivity index (χ1) is 11.8. The van der Waals surface area contributed by atoms with E-state index in [2.05, 4.69) is 20.2 Å². The molecule has 3 aromatic rings. The number of aromatic nitrogens is 2. The van der Waals surface area contributed by atoms with Gasteiger partial charge in [0, 0.05) is 49.7 Å². The summed E-state index contributed by atoms with van der Waals surface area (Å²) in [6, 6.07) is 3.98. The lowest BCUT2D eigenvalue weighted by Gasteiger charge is -2.20. The number of thiazole rings is 2. The highest BCUT2D eigenvalue weighted by atomic mass is 32.1. The van der Waals surface area contributed by atoms with Crippen LogP contribution in [0.1, 0.15) is 17.9 Å². The number of anilines is 1. The first kappa shape index (κ1) is 15.8. The average molecular weight is 361 g/mol. The first-order valence-corrected chi connectivity index (χ1v) is 9.92. The smallest absolute Gasteiger partial charge is 0.185 e. The van der Waals surface area contributed by atoms with Gasteiger partial charge in [-0.2, -0.15) is 0 Å². The molecule has 4 heterocycles. The van der Waals surface area contributed by atoms with Gasteiger partial charge in [-0.25, -0.2) is 9.97 Å². The Labute approximate surface area is 149 Å². The molecule has 3 aromatic heterocycles. The fourth-order valence-electron chi connectivity index (χ4n) is 2.96. The second kappa shape index (κ2) is 7.04. The van der Waals surface area contributed by atoms with Gasteiger partial charge in [0.15, 0.2) is 15.9 Å². The van der Waals surface area contributed by atoms with Crippen molar-refractivity contribution in [1.29, 1.82) is 0 Å². The zero-order valence-electron chi connectivity index (χ0n) is 13.6. The monoisotopic (exact) mass is 360 g/mol. The number of furan rings is 1. The quantitative estimate of drug-likeness (QED) is 0.706. The van der Waals surface area contributed by atoms with Crippen LogP contribution < -0.4 is 4.90 Å². The molecule has 7 heteroatoms. The van der Waals surface area contributed by atoms with E-state index in [4.69, 9.17) is 9.40 Å². The van der Waals surface area contributed by atoms with Crippen LogP contribution in [0.3, 0.4) is 0 Å². The zero-order valence-corrected chi connectivity index (χ0v) is 15.3. The second-order valence-corrected chi connectivity index (χ2v) is 7.72. The highest BCUT2D eigenvalue weighted by Crippen LogP contribution is 2.26. The van der Waals surface area contributed by atoms with Crippen LogP contribution in [-0.2, 0) is 6.54 Å². The van der Waals surface area contributed by atoms with E-state index in [0.29, 0.717) is 0 Å². The van der Waals surface area contributed by atoms with E-state index in [1.54, 1.807) is 22.7 Å². The minimum Gasteiger partial charge on any atom is -0.459 e. The van der Waals surface area contributed by atoms with Crippen LogP contribution in [0.25, 0.3) is 10.8 Å². The Balaban J connectivity index is 1.38. The summed E-state index contributed by atoms with van der Waals surface area (Å²) in [7, 11) is 0. The summed E-state index contributed by atoms with van der Waals surface area (Å²) >= 11 is 3.38. The van der Waals surface area contributed by atoms with Crippen LogP contribution in [0.5, 0.6) is 0 Å². The third-order valence-electron chi connectivity index (χ3n) is 4.17. The van der Waals surface area contributed by atoms with Gasteiger partial charge in [0.25, 0.3) is 0 Å². The Hall–Kier alpha value is -1.70. The molecule has 0 amide bonds. The molecule has 0 N–H and O–H groups in total. The highest BCUT2D eigenvalue weighted by Gasteiger charge is 2.18. The minimum absolute atomic E-state index is 0.870. The summed E-state index contributed by atoms with van der Waals surface area (Å²) in [5.41, 5.74) is 1.13. The summed E-state index contributed by atoms with van der Waals surface area (Å²) in [4.78, 5) is 14.1. The first-order valence-electron chi connectivity index (χ1n) is 8.16. The van der Waals surface area contributed by atoms with E-state index in [1.165, 1.54) is 0 Å². The SMILES string of the molecule is Cc1ccc(-c2nc(CN3CCCN(c4nccs4)CC3)cs2)o1. The number of nitrogens with zero attached hydrogens (tertiary/aromatic N) is 4. The maximum atomic E-state index is 5.67. The fraction of sp³-hybridized carbons (Fsp3) is 0.412. The third kappa shape index (κ3) is 3.53. The maximum absolute atomic E-state index is 5.67. The van der Waals surface area contributed by atoms with Crippen LogP contribution in [0.4, 0.5) is 5.13 Å². The molecular weight excluding hydrogens is 340 g/mol. The molecule has 0 aliphatic carbocycles. The van der Waals surface area contributed by atoms with E-state index in [9.17, 15) is 0 Å². The molecule has 1 fully saturated rings. The van der Waals surface area contributed by atoms with Gasteiger partial charge in [0.2, 0.25) is 0 Å². The summed E-state index contributed by atoms with van der Waals surface area (Å²) < 4.78 is 5.67. The number of aryl methyl sites for hydroxylation is 1. The van der Waals surface area contributed by atoms with Crippen molar-refractivity contribution in [2.75, 3.05) is 31.1 Å². The van der Waals surface area contributed by atoms with E-state index in [-0.39, 0.29) is 0 Å². The lowest BCUT2D eigenvalue weighted by atomic mass is 10.3. The van der Waals surface area contributed by atoms with Crippen LogP contribution in [0, 0.1) is 6.92 Å². The predicted molar refractivity (Wildman–Crippen MR) is 98.8 cm³/mol. The Morgan fingerprint density at radius 1 is 1.17 bits per heavy atom. The van der Waals surface area contributed by atoms with Crippen molar-refractivity contribution >= 4 is 27.8 Å². The van der Waals surface area contributed by atoms with Crippen LogP contribution in [0.15, 0.2) is 33.5 Å². The highest BCUT2D eigenvalue weighted by molar-refractivity contribution is 7.13. The van der Waals surface area contributed by atoms with Gasteiger partial charge >= 0.3 is 0 Å². The summed E-state index contributed by atoms with van der Waals surface area (Å²) in [5.74, 6) is 1.80. The van der Waals surface area contributed by atoms with Gasteiger partial charge in [0.1, 0.15) is 5.76 Å². The molecule has 0 unspecified atom stereocenters. The topological polar surface area (TPSA) is 45.4 Å². The van der Waals surface area contributed by atoms with Crippen molar-refractivity contribution < 1.29 is 4.42 Å². The van der Waals surface area contributed by atoms with Crippen molar-refractivity contribution in [3.8, 4) is 10.8 Å². The van der Waals surface area contributed by atoms with E-state index in [0.717, 1.165) is 66.5 Å². The molecule has 1 aliphatic rings. The Kier molecular flexibility index (Phi) is 4.64. The molecule has 0 radical (unpaired) electrons. The number of hydrogen-bond acceptors (Lipinski definition) is 7. The summed E-state index contributed by atoms with van der Waals surface area (Å²) in [5, 5.41) is 6.31.